The molecule has 0 aliphatic heterocycles. The van der Waals surface area contributed by atoms with E-state index in [9.17, 15) is 14.4 Å². The normalized spacial score (nSPS) is 14.7. The molecule has 1 aromatic heterocycles. The Labute approximate surface area is 197 Å². The van der Waals surface area contributed by atoms with E-state index in [-0.39, 0.29) is 43.5 Å². The van der Waals surface area contributed by atoms with Crippen LogP contribution in [0.4, 0.5) is 0 Å². The lowest BCUT2D eigenvalue weighted by atomic mass is 10.0. The molecule has 172 valence electrons. The Morgan fingerprint density at radius 1 is 1.19 bits per heavy atom. The number of halogens is 1. The first kappa shape index (κ1) is 24.2. The number of nitrogens with zero attached hydrogens (tertiary/aromatic N) is 1. The van der Waals surface area contributed by atoms with Crippen molar-refractivity contribution in [1.29, 1.82) is 0 Å². The SMILES string of the molecule is COCCN(C(=O)CNC(=O)c1cccs1)[C@H](C(=O)NC1CCCC1)c1ccc(Cl)cc1. The summed E-state index contributed by atoms with van der Waals surface area (Å²) in [6, 6.07) is 9.62. The van der Waals surface area contributed by atoms with E-state index in [0.29, 0.717) is 15.5 Å². The number of benzene rings is 1. The maximum absolute atomic E-state index is 13.4. The van der Waals surface area contributed by atoms with Crippen molar-refractivity contribution in [2.24, 2.45) is 0 Å². The number of rotatable bonds is 10. The van der Waals surface area contributed by atoms with E-state index in [4.69, 9.17) is 16.3 Å². The van der Waals surface area contributed by atoms with E-state index < -0.39 is 6.04 Å². The van der Waals surface area contributed by atoms with E-state index in [2.05, 4.69) is 10.6 Å². The van der Waals surface area contributed by atoms with Crippen LogP contribution in [0, 0.1) is 0 Å². The van der Waals surface area contributed by atoms with Gasteiger partial charge in [-0.25, -0.2) is 0 Å². The third-order valence-electron chi connectivity index (χ3n) is 5.45. The van der Waals surface area contributed by atoms with Gasteiger partial charge in [-0.05, 0) is 42.0 Å². The summed E-state index contributed by atoms with van der Waals surface area (Å²) in [5, 5.41) is 8.10. The van der Waals surface area contributed by atoms with Crippen molar-refractivity contribution >= 4 is 40.7 Å². The zero-order valence-electron chi connectivity index (χ0n) is 18.0. The molecule has 0 unspecified atom stereocenters. The van der Waals surface area contributed by atoms with Crippen LogP contribution in [0.3, 0.4) is 0 Å². The minimum absolute atomic E-state index is 0.107. The van der Waals surface area contributed by atoms with Crippen molar-refractivity contribution < 1.29 is 19.1 Å². The molecule has 0 saturated heterocycles. The predicted molar refractivity (Wildman–Crippen MR) is 125 cm³/mol. The molecule has 1 aromatic carbocycles. The maximum Gasteiger partial charge on any atom is 0.261 e. The number of methoxy groups -OCH3 is 1. The van der Waals surface area contributed by atoms with Gasteiger partial charge in [-0.1, -0.05) is 42.6 Å². The molecule has 0 bridgehead atoms. The van der Waals surface area contributed by atoms with E-state index in [0.717, 1.165) is 25.7 Å². The highest BCUT2D eigenvalue weighted by Gasteiger charge is 2.33. The Morgan fingerprint density at radius 2 is 1.91 bits per heavy atom. The number of carbonyl (C=O) groups is 3. The van der Waals surface area contributed by atoms with E-state index in [1.54, 1.807) is 41.8 Å². The first-order valence-corrected chi connectivity index (χ1v) is 11.9. The number of nitrogens with one attached hydrogen (secondary N) is 2. The topological polar surface area (TPSA) is 87.7 Å². The van der Waals surface area contributed by atoms with Gasteiger partial charge in [-0.15, -0.1) is 11.3 Å². The van der Waals surface area contributed by atoms with Crippen molar-refractivity contribution in [1.82, 2.24) is 15.5 Å². The van der Waals surface area contributed by atoms with Gasteiger partial charge in [0.2, 0.25) is 11.8 Å². The second kappa shape index (κ2) is 12.0. The number of amides is 3. The van der Waals surface area contributed by atoms with Crippen LogP contribution in [0.15, 0.2) is 41.8 Å². The second-order valence-electron chi connectivity index (χ2n) is 7.68. The van der Waals surface area contributed by atoms with E-state index in [1.165, 1.54) is 23.3 Å². The third kappa shape index (κ3) is 6.54. The number of thiophene rings is 1. The molecule has 1 aliphatic carbocycles. The average Bonchev–Trinajstić information content (AvgIpc) is 3.50. The van der Waals surface area contributed by atoms with Gasteiger partial charge in [0.05, 0.1) is 18.0 Å². The van der Waals surface area contributed by atoms with E-state index >= 15 is 0 Å². The minimum atomic E-state index is -0.853. The summed E-state index contributed by atoms with van der Waals surface area (Å²) in [4.78, 5) is 40.8. The highest BCUT2D eigenvalue weighted by atomic mass is 35.5. The van der Waals surface area contributed by atoms with Gasteiger partial charge >= 0.3 is 0 Å². The van der Waals surface area contributed by atoms with Crippen LogP contribution in [0.25, 0.3) is 0 Å². The van der Waals surface area contributed by atoms with Crippen LogP contribution in [0.2, 0.25) is 5.02 Å². The lowest BCUT2D eigenvalue weighted by Gasteiger charge is -2.32. The predicted octanol–water partition coefficient (Wildman–Crippen LogP) is 3.41. The summed E-state index contributed by atoms with van der Waals surface area (Å²) in [7, 11) is 1.54. The van der Waals surface area contributed by atoms with Gasteiger partial charge in [0, 0.05) is 24.7 Å². The van der Waals surface area contributed by atoms with Gasteiger partial charge in [-0.2, -0.15) is 0 Å². The summed E-state index contributed by atoms with van der Waals surface area (Å²) in [6.07, 6.45) is 4.03. The molecule has 1 heterocycles. The molecular weight excluding hydrogens is 450 g/mol. The number of carbonyl (C=O) groups excluding carboxylic acids is 3. The lowest BCUT2D eigenvalue weighted by Crippen LogP contribution is -2.49. The van der Waals surface area contributed by atoms with Crippen molar-refractivity contribution in [3.05, 3.63) is 57.2 Å². The van der Waals surface area contributed by atoms with Gasteiger partial charge < -0.3 is 20.3 Å². The molecule has 0 radical (unpaired) electrons. The Bertz CT molecular complexity index is 898. The molecule has 1 fully saturated rings. The fraction of sp³-hybridized carbons (Fsp3) is 0.435. The maximum atomic E-state index is 13.4. The van der Waals surface area contributed by atoms with Gasteiger partial charge in [0.25, 0.3) is 5.91 Å². The van der Waals surface area contributed by atoms with Crippen molar-refractivity contribution in [3.8, 4) is 0 Å². The smallest absolute Gasteiger partial charge is 0.261 e. The fourth-order valence-corrected chi connectivity index (χ4v) is 4.57. The second-order valence-corrected chi connectivity index (χ2v) is 9.07. The summed E-state index contributed by atoms with van der Waals surface area (Å²) >= 11 is 7.34. The summed E-state index contributed by atoms with van der Waals surface area (Å²) in [5.74, 6) is -0.930. The zero-order valence-corrected chi connectivity index (χ0v) is 19.6. The lowest BCUT2D eigenvalue weighted by molar-refractivity contribution is -0.141. The Balaban J connectivity index is 1.81. The van der Waals surface area contributed by atoms with Gasteiger partial charge in [0.15, 0.2) is 0 Å². The van der Waals surface area contributed by atoms with Crippen LogP contribution in [-0.2, 0) is 14.3 Å². The Hall–Kier alpha value is -2.42. The molecule has 7 nitrogen and oxygen atoms in total. The first-order valence-electron chi connectivity index (χ1n) is 10.7. The van der Waals surface area contributed by atoms with Crippen LogP contribution < -0.4 is 10.6 Å². The molecule has 2 N–H and O–H groups in total. The van der Waals surface area contributed by atoms with Gasteiger partial charge in [-0.3, -0.25) is 14.4 Å². The Morgan fingerprint density at radius 3 is 2.53 bits per heavy atom. The highest BCUT2D eigenvalue weighted by molar-refractivity contribution is 7.12. The number of hydrogen-bond donors (Lipinski definition) is 2. The van der Waals surface area contributed by atoms with Crippen LogP contribution in [0.1, 0.15) is 47.0 Å². The van der Waals surface area contributed by atoms with Crippen molar-refractivity contribution in [2.75, 3.05) is 26.8 Å². The fourth-order valence-electron chi connectivity index (χ4n) is 3.81. The molecule has 32 heavy (non-hydrogen) atoms. The molecule has 0 spiro atoms. The van der Waals surface area contributed by atoms with Crippen LogP contribution in [0.5, 0.6) is 0 Å². The highest BCUT2D eigenvalue weighted by Crippen LogP contribution is 2.25. The molecule has 1 aliphatic rings. The molecule has 3 rings (SSSR count). The van der Waals surface area contributed by atoms with Crippen molar-refractivity contribution in [3.63, 3.8) is 0 Å². The van der Waals surface area contributed by atoms with Gasteiger partial charge in [0.1, 0.15) is 6.04 Å². The molecular formula is C23H28ClN3O4S. The van der Waals surface area contributed by atoms with Crippen LogP contribution >= 0.6 is 22.9 Å². The average molecular weight is 478 g/mol. The number of hydrogen-bond acceptors (Lipinski definition) is 5. The summed E-state index contributed by atoms with van der Waals surface area (Å²) in [6.45, 7) is 0.238. The zero-order chi connectivity index (χ0) is 22.9. The van der Waals surface area contributed by atoms with E-state index in [1.807, 2.05) is 0 Å². The molecule has 2 aromatic rings. The monoisotopic (exact) mass is 477 g/mol. The molecule has 3 amide bonds. The standard InChI is InChI=1S/C23H28ClN3O4S/c1-31-13-12-27(20(28)15-25-22(29)19-7-4-14-32-19)21(16-8-10-17(24)11-9-16)23(30)26-18-5-2-3-6-18/h4,7-11,14,18,21H,2-3,5-6,12-13,15H2,1H3,(H,25,29)(H,26,30)/t21-/m0/s1. The molecule has 1 saturated carbocycles. The minimum Gasteiger partial charge on any atom is -0.383 e. The quantitative estimate of drug-likeness (QED) is 0.549. The Kier molecular flexibility index (Phi) is 9.08. The largest absolute Gasteiger partial charge is 0.383 e. The third-order valence-corrected chi connectivity index (χ3v) is 6.57. The summed E-state index contributed by atoms with van der Waals surface area (Å²) in [5.41, 5.74) is 0.652. The molecule has 9 heteroatoms. The number of ether oxygens (including phenoxy) is 1. The first-order chi connectivity index (χ1) is 15.5. The van der Waals surface area contributed by atoms with Crippen molar-refractivity contribution in [2.45, 2.75) is 37.8 Å². The van der Waals surface area contributed by atoms with Crippen LogP contribution in [-0.4, -0.2) is 55.5 Å². The molecule has 1 atom stereocenters. The summed E-state index contributed by atoms with van der Waals surface area (Å²) < 4.78 is 5.19.